The lowest BCUT2D eigenvalue weighted by Crippen LogP contribution is -2.34. The maximum absolute atomic E-state index is 11.2. The monoisotopic (exact) mass is 238 g/mol. The van der Waals surface area contributed by atoms with Crippen molar-refractivity contribution in [3.63, 3.8) is 0 Å². The van der Waals surface area contributed by atoms with E-state index < -0.39 is 6.03 Å². The molecule has 5 N–H and O–H groups in total. The Morgan fingerprint density at radius 3 is 3.06 bits per heavy atom. The SMILES string of the molecule is NNC(=O)Nc1ccc2c(c1)NC(=O)CS2. The van der Waals surface area contributed by atoms with Crippen LogP contribution in [0.4, 0.5) is 16.2 Å². The molecule has 2 rings (SSSR count). The number of fused-ring (bicyclic) bond motifs is 1. The Bertz CT molecular complexity index is 449. The molecule has 0 atom stereocenters. The second kappa shape index (κ2) is 4.42. The summed E-state index contributed by atoms with van der Waals surface area (Å²) in [5.74, 6) is 5.32. The highest BCUT2D eigenvalue weighted by atomic mass is 32.2. The second-order valence-electron chi connectivity index (χ2n) is 3.15. The molecule has 1 aliphatic rings. The van der Waals surface area contributed by atoms with E-state index in [2.05, 4.69) is 10.6 Å². The number of hydrogen-bond donors (Lipinski definition) is 4. The Balaban J connectivity index is 2.21. The van der Waals surface area contributed by atoms with Gasteiger partial charge in [-0.2, -0.15) is 0 Å². The maximum atomic E-state index is 11.2. The van der Waals surface area contributed by atoms with Crippen LogP contribution in [0.5, 0.6) is 0 Å². The molecule has 0 saturated heterocycles. The molecule has 0 spiro atoms. The van der Waals surface area contributed by atoms with Crippen LogP contribution in [0.15, 0.2) is 23.1 Å². The smallest absolute Gasteiger partial charge is 0.324 e. The van der Waals surface area contributed by atoms with Gasteiger partial charge in [0.25, 0.3) is 0 Å². The predicted octanol–water partition coefficient (Wildman–Crippen LogP) is 0.726. The number of benzene rings is 1. The molecule has 0 fully saturated rings. The van der Waals surface area contributed by atoms with Gasteiger partial charge in [0.05, 0.1) is 11.4 Å². The van der Waals surface area contributed by atoms with Crippen molar-refractivity contribution in [3.8, 4) is 0 Å². The number of hydrogen-bond acceptors (Lipinski definition) is 4. The predicted molar refractivity (Wildman–Crippen MR) is 62.1 cm³/mol. The molecule has 0 radical (unpaired) electrons. The van der Waals surface area contributed by atoms with Gasteiger partial charge < -0.3 is 10.6 Å². The van der Waals surface area contributed by atoms with Gasteiger partial charge in [-0.25, -0.2) is 10.6 Å². The van der Waals surface area contributed by atoms with Crippen LogP contribution in [0, 0.1) is 0 Å². The van der Waals surface area contributed by atoms with Crippen LogP contribution in [0.3, 0.4) is 0 Å². The summed E-state index contributed by atoms with van der Waals surface area (Å²) in [6, 6.07) is 4.77. The Morgan fingerprint density at radius 1 is 1.50 bits per heavy atom. The molecule has 1 aliphatic heterocycles. The summed E-state index contributed by atoms with van der Waals surface area (Å²) in [5.41, 5.74) is 3.24. The minimum atomic E-state index is -0.505. The standard InChI is InChI=1S/C9H10N4O2S/c10-13-9(15)11-5-1-2-7-6(3-5)12-8(14)4-16-7/h1-3H,4,10H2,(H,12,14)(H2,11,13,15). The fourth-order valence-corrected chi connectivity index (χ4v) is 2.12. The molecule has 1 aromatic rings. The van der Waals surface area contributed by atoms with Crippen LogP contribution < -0.4 is 21.9 Å². The van der Waals surface area contributed by atoms with Gasteiger partial charge in [0.15, 0.2) is 0 Å². The second-order valence-corrected chi connectivity index (χ2v) is 4.16. The van der Waals surface area contributed by atoms with Gasteiger partial charge in [0.1, 0.15) is 0 Å². The van der Waals surface area contributed by atoms with Crippen LogP contribution in [-0.2, 0) is 4.79 Å². The van der Waals surface area contributed by atoms with Crippen LogP contribution in [0.2, 0.25) is 0 Å². The Labute approximate surface area is 95.9 Å². The lowest BCUT2D eigenvalue weighted by Gasteiger charge is -2.17. The van der Waals surface area contributed by atoms with Crippen molar-refractivity contribution < 1.29 is 9.59 Å². The van der Waals surface area contributed by atoms with Crippen molar-refractivity contribution in [2.24, 2.45) is 5.84 Å². The quantitative estimate of drug-likeness (QED) is 0.329. The largest absolute Gasteiger partial charge is 0.333 e. The lowest BCUT2D eigenvalue weighted by atomic mass is 10.2. The van der Waals surface area contributed by atoms with E-state index in [9.17, 15) is 9.59 Å². The molecule has 0 unspecified atom stereocenters. The molecule has 0 saturated carbocycles. The zero-order chi connectivity index (χ0) is 11.5. The van der Waals surface area contributed by atoms with E-state index in [-0.39, 0.29) is 5.91 Å². The maximum Gasteiger partial charge on any atom is 0.333 e. The molecule has 6 nitrogen and oxygen atoms in total. The highest BCUT2D eigenvalue weighted by molar-refractivity contribution is 8.00. The fourth-order valence-electron chi connectivity index (χ4n) is 1.33. The van der Waals surface area contributed by atoms with Gasteiger partial charge in [-0.3, -0.25) is 10.2 Å². The van der Waals surface area contributed by atoms with Crippen molar-refractivity contribution in [2.75, 3.05) is 16.4 Å². The first-order chi connectivity index (χ1) is 7.69. The van der Waals surface area contributed by atoms with E-state index in [1.54, 1.807) is 12.1 Å². The van der Waals surface area contributed by atoms with Crippen LogP contribution in [0.25, 0.3) is 0 Å². The van der Waals surface area contributed by atoms with Gasteiger partial charge >= 0.3 is 6.03 Å². The van der Waals surface area contributed by atoms with E-state index in [1.165, 1.54) is 11.8 Å². The number of nitrogens with two attached hydrogens (primary N) is 1. The number of rotatable bonds is 1. The van der Waals surface area contributed by atoms with Crippen molar-refractivity contribution in [1.82, 2.24) is 5.43 Å². The summed E-state index contributed by atoms with van der Waals surface area (Å²) in [6.07, 6.45) is 0. The van der Waals surface area contributed by atoms with Crippen LogP contribution in [0.1, 0.15) is 0 Å². The number of carbonyl (C=O) groups excluding carboxylic acids is 2. The highest BCUT2D eigenvalue weighted by Crippen LogP contribution is 2.33. The normalized spacial score (nSPS) is 13.7. The summed E-state index contributed by atoms with van der Waals surface area (Å²) < 4.78 is 0. The molecular weight excluding hydrogens is 228 g/mol. The van der Waals surface area contributed by atoms with E-state index in [0.29, 0.717) is 17.1 Å². The summed E-state index contributed by atoms with van der Waals surface area (Å²) >= 11 is 1.47. The summed E-state index contributed by atoms with van der Waals surface area (Å²) in [4.78, 5) is 23.1. The Hall–Kier alpha value is -1.73. The fraction of sp³-hybridized carbons (Fsp3) is 0.111. The molecule has 3 amide bonds. The first-order valence-electron chi connectivity index (χ1n) is 4.53. The molecule has 16 heavy (non-hydrogen) atoms. The third-order valence-corrected chi connectivity index (χ3v) is 3.07. The molecule has 7 heteroatoms. The van der Waals surface area contributed by atoms with Gasteiger partial charge in [-0.15, -0.1) is 11.8 Å². The number of nitrogens with one attached hydrogen (secondary N) is 3. The van der Waals surface area contributed by atoms with E-state index >= 15 is 0 Å². The van der Waals surface area contributed by atoms with Crippen LogP contribution in [-0.4, -0.2) is 17.7 Å². The van der Waals surface area contributed by atoms with E-state index in [4.69, 9.17) is 5.84 Å². The van der Waals surface area contributed by atoms with Crippen molar-refractivity contribution in [1.29, 1.82) is 0 Å². The number of anilines is 2. The molecule has 1 heterocycles. The van der Waals surface area contributed by atoms with E-state index in [0.717, 1.165) is 4.90 Å². The van der Waals surface area contributed by atoms with Crippen molar-refractivity contribution in [2.45, 2.75) is 4.90 Å². The van der Waals surface area contributed by atoms with Crippen molar-refractivity contribution >= 4 is 35.1 Å². The number of thioether (sulfide) groups is 1. The Kier molecular flexibility index (Phi) is 2.97. The van der Waals surface area contributed by atoms with Gasteiger partial charge in [-0.1, -0.05) is 0 Å². The minimum absolute atomic E-state index is 0.0436. The molecule has 0 aromatic heterocycles. The number of urea groups is 1. The highest BCUT2D eigenvalue weighted by Gasteiger charge is 2.15. The number of carbonyl (C=O) groups is 2. The van der Waals surface area contributed by atoms with Gasteiger partial charge in [-0.05, 0) is 18.2 Å². The summed E-state index contributed by atoms with van der Waals surface area (Å²) in [7, 11) is 0. The lowest BCUT2D eigenvalue weighted by molar-refractivity contribution is -0.113. The average molecular weight is 238 g/mol. The Morgan fingerprint density at radius 2 is 2.31 bits per heavy atom. The number of hydrazine groups is 1. The molecule has 1 aromatic carbocycles. The zero-order valence-electron chi connectivity index (χ0n) is 8.24. The number of amides is 3. The zero-order valence-corrected chi connectivity index (χ0v) is 9.06. The van der Waals surface area contributed by atoms with E-state index in [1.807, 2.05) is 11.5 Å². The third kappa shape index (κ3) is 2.26. The first kappa shape index (κ1) is 10.8. The topological polar surface area (TPSA) is 96.2 Å². The molecular formula is C9H10N4O2S. The summed E-state index contributed by atoms with van der Waals surface area (Å²) in [6.45, 7) is 0. The summed E-state index contributed by atoms with van der Waals surface area (Å²) in [5, 5.41) is 5.25. The third-order valence-electron chi connectivity index (χ3n) is 2.00. The molecule has 0 bridgehead atoms. The average Bonchev–Trinajstić information content (AvgIpc) is 2.28. The first-order valence-corrected chi connectivity index (χ1v) is 5.52. The van der Waals surface area contributed by atoms with Gasteiger partial charge in [0, 0.05) is 10.6 Å². The van der Waals surface area contributed by atoms with Crippen LogP contribution >= 0.6 is 11.8 Å². The molecule has 0 aliphatic carbocycles. The molecule has 84 valence electrons. The van der Waals surface area contributed by atoms with Crippen molar-refractivity contribution in [3.05, 3.63) is 18.2 Å². The minimum Gasteiger partial charge on any atom is -0.324 e. The van der Waals surface area contributed by atoms with Gasteiger partial charge in [0.2, 0.25) is 5.91 Å².